The number of rotatable bonds is 4. The number of hydrogen-bond acceptors (Lipinski definition) is 0. The van der Waals surface area contributed by atoms with Crippen LogP contribution in [0, 0.1) is 11.3 Å². The molecule has 0 saturated heterocycles. The second kappa shape index (κ2) is 4.68. The zero-order valence-electron chi connectivity index (χ0n) is 10.1. The molecule has 0 aliphatic heterocycles. The second-order valence-corrected chi connectivity index (χ2v) is 7.15. The molecule has 1 heteroatoms. The monoisotopic (exact) mass is 204 g/mol. The summed E-state index contributed by atoms with van der Waals surface area (Å²) in [6.45, 7) is 13.4. The van der Waals surface area contributed by atoms with E-state index in [1.54, 1.807) is 0 Å². The van der Waals surface area contributed by atoms with Crippen molar-refractivity contribution in [2.45, 2.75) is 65.7 Å². The molecular weight excluding hydrogens is 180 g/mol. The summed E-state index contributed by atoms with van der Waals surface area (Å²) in [6, 6.07) is 0. The van der Waals surface area contributed by atoms with Crippen LogP contribution in [0.2, 0.25) is 0 Å². The van der Waals surface area contributed by atoms with Crippen LogP contribution in [0.1, 0.15) is 60.8 Å². The minimum Gasteiger partial charge on any atom is -0.120 e. The molecule has 0 aliphatic carbocycles. The van der Waals surface area contributed by atoms with Crippen LogP contribution >= 0.6 is 11.6 Å². The highest BCUT2D eigenvalue weighted by molar-refractivity contribution is 6.23. The number of alkyl halides is 1. The van der Waals surface area contributed by atoms with E-state index in [1.807, 2.05) is 0 Å². The SMILES string of the molecule is CC(CCC(C)(C)C)CC(C)(C)Cl. The van der Waals surface area contributed by atoms with Crippen LogP contribution in [0.4, 0.5) is 0 Å². The van der Waals surface area contributed by atoms with Crippen LogP contribution in [-0.2, 0) is 0 Å². The van der Waals surface area contributed by atoms with E-state index in [2.05, 4.69) is 41.5 Å². The van der Waals surface area contributed by atoms with Crippen LogP contribution < -0.4 is 0 Å². The molecule has 0 aromatic carbocycles. The molecule has 0 N–H and O–H groups in total. The van der Waals surface area contributed by atoms with Crippen LogP contribution in [0.15, 0.2) is 0 Å². The minimum atomic E-state index is -0.0305. The Bertz CT molecular complexity index is 136. The van der Waals surface area contributed by atoms with E-state index >= 15 is 0 Å². The first-order valence-electron chi connectivity index (χ1n) is 5.29. The highest BCUT2D eigenvalue weighted by atomic mass is 35.5. The van der Waals surface area contributed by atoms with Crippen molar-refractivity contribution in [3.05, 3.63) is 0 Å². The van der Waals surface area contributed by atoms with Crippen LogP contribution in [0.25, 0.3) is 0 Å². The summed E-state index contributed by atoms with van der Waals surface area (Å²) in [7, 11) is 0. The Balaban J connectivity index is 3.70. The van der Waals surface area contributed by atoms with Crippen molar-refractivity contribution in [3.8, 4) is 0 Å². The van der Waals surface area contributed by atoms with Gasteiger partial charge in [0.05, 0.1) is 0 Å². The van der Waals surface area contributed by atoms with Crippen molar-refractivity contribution >= 4 is 11.6 Å². The average Bonchev–Trinajstić information content (AvgIpc) is 1.78. The van der Waals surface area contributed by atoms with Crippen molar-refractivity contribution < 1.29 is 0 Å². The van der Waals surface area contributed by atoms with Crippen LogP contribution in [0.5, 0.6) is 0 Å². The van der Waals surface area contributed by atoms with Gasteiger partial charge in [-0.3, -0.25) is 0 Å². The zero-order chi connectivity index (χ0) is 10.7. The molecule has 0 amide bonds. The first-order chi connectivity index (χ1) is 5.60. The maximum atomic E-state index is 6.18. The topological polar surface area (TPSA) is 0 Å². The Morgan fingerprint density at radius 2 is 1.54 bits per heavy atom. The standard InChI is InChI=1S/C12H25Cl/c1-10(9-12(5,6)13)7-8-11(2,3)4/h10H,7-9H2,1-6H3. The summed E-state index contributed by atoms with van der Waals surface area (Å²) in [5.74, 6) is 0.742. The van der Waals surface area contributed by atoms with Gasteiger partial charge in [-0.05, 0) is 38.0 Å². The van der Waals surface area contributed by atoms with E-state index in [0.717, 1.165) is 12.3 Å². The molecule has 0 heterocycles. The molecule has 80 valence electrons. The number of halogens is 1. The lowest BCUT2D eigenvalue weighted by atomic mass is 9.84. The fourth-order valence-electron chi connectivity index (χ4n) is 1.61. The fourth-order valence-corrected chi connectivity index (χ4v) is 1.87. The molecule has 0 aromatic rings. The van der Waals surface area contributed by atoms with E-state index in [4.69, 9.17) is 11.6 Å². The molecule has 1 unspecified atom stereocenters. The van der Waals surface area contributed by atoms with Gasteiger partial charge < -0.3 is 0 Å². The maximum Gasteiger partial charge on any atom is 0.0393 e. The van der Waals surface area contributed by atoms with Gasteiger partial charge in [0.1, 0.15) is 0 Å². The lowest BCUT2D eigenvalue weighted by Crippen LogP contribution is -2.16. The molecule has 0 fully saturated rings. The Labute approximate surface area is 89.1 Å². The van der Waals surface area contributed by atoms with Crippen molar-refractivity contribution in [1.82, 2.24) is 0 Å². The van der Waals surface area contributed by atoms with E-state index in [0.29, 0.717) is 5.41 Å². The van der Waals surface area contributed by atoms with Gasteiger partial charge in [-0.1, -0.05) is 34.1 Å². The van der Waals surface area contributed by atoms with Gasteiger partial charge in [0.25, 0.3) is 0 Å². The first-order valence-corrected chi connectivity index (χ1v) is 5.67. The third-order valence-corrected chi connectivity index (χ3v) is 2.38. The molecule has 0 rings (SSSR count). The highest BCUT2D eigenvalue weighted by Crippen LogP contribution is 2.29. The molecule has 13 heavy (non-hydrogen) atoms. The molecule has 1 atom stereocenters. The molecule has 0 spiro atoms. The minimum absolute atomic E-state index is 0.0305. The summed E-state index contributed by atoms with van der Waals surface area (Å²) in [5.41, 5.74) is 0.463. The maximum absolute atomic E-state index is 6.18. The predicted molar refractivity (Wildman–Crippen MR) is 62.4 cm³/mol. The molecule has 0 aliphatic rings. The van der Waals surface area contributed by atoms with Gasteiger partial charge in [0.2, 0.25) is 0 Å². The van der Waals surface area contributed by atoms with Crippen LogP contribution in [-0.4, -0.2) is 4.87 Å². The largest absolute Gasteiger partial charge is 0.120 e. The fraction of sp³-hybridized carbons (Fsp3) is 1.00. The zero-order valence-corrected chi connectivity index (χ0v) is 10.8. The van der Waals surface area contributed by atoms with E-state index in [1.165, 1.54) is 12.8 Å². The Morgan fingerprint density at radius 1 is 1.08 bits per heavy atom. The van der Waals surface area contributed by atoms with E-state index in [-0.39, 0.29) is 4.87 Å². The first kappa shape index (κ1) is 13.3. The van der Waals surface area contributed by atoms with Crippen LogP contribution in [0.3, 0.4) is 0 Å². The Hall–Kier alpha value is 0.290. The summed E-state index contributed by atoms with van der Waals surface area (Å²) in [6.07, 6.45) is 3.70. The van der Waals surface area contributed by atoms with Crippen molar-refractivity contribution in [2.24, 2.45) is 11.3 Å². The van der Waals surface area contributed by atoms with Crippen molar-refractivity contribution in [3.63, 3.8) is 0 Å². The number of hydrogen-bond donors (Lipinski definition) is 0. The van der Waals surface area contributed by atoms with E-state index in [9.17, 15) is 0 Å². The summed E-state index contributed by atoms with van der Waals surface area (Å²) < 4.78 is 0. The third-order valence-electron chi connectivity index (χ3n) is 2.22. The molecule has 0 bridgehead atoms. The molecule has 0 saturated carbocycles. The van der Waals surface area contributed by atoms with Crippen molar-refractivity contribution in [1.29, 1.82) is 0 Å². The predicted octanol–water partition coefficient (Wildman–Crippen LogP) is 4.86. The van der Waals surface area contributed by atoms with Crippen molar-refractivity contribution in [2.75, 3.05) is 0 Å². The van der Waals surface area contributed by atoms with Gasteiger partial charge in [-0.25, -0.2) is 0 Å². The Morgan fingerprint density at radius 3 is 1.85 bits per heavy atom. The lowest BCUT2D eigenvalue weighted by molar-refractivity contribution is 0.313. The van der Waals surface area contributed by atoms with Gasteiger partial charge in [-0.15, -0.1) is 11.6 Å². The Kier molecular flexibility index (Phi) is 4.79. The summed E-state index contributed by atoms with van der Waals surface area (Å²) >= 11 is 6.18. The quantitative estimate of drug-likeness (QED) is 0.574. The lowest BCUT2D eigenvalue weighted by Gasteiger charge is -2.24. The smallest absolute Gasteiger partial charge is 0.0393 e. The molecular formula is C12H25Cl. The van der Waals surface area contributed by atoms with Gasteiger partial charge in [-0.2, -0.15) is 0 Å². The molecule has 0 radical (unpaired) electrons. The highest BCUT2D eigenvalue weighted by Gasteiger charge is 2.19. The van der Waals surface area contributed by atoms with Gasteiger partial charge >= 0.3 is 0 Å². The van der Waals surface area contributed by atoms with E-state index < -0.39 is 0 Å². The normalized spacial score (nSPS) is 15.9. The average molecular weight is 205 g/mol. The molecule has 0 nitrogen and oxygen atoms in total. The van der Waals surface area contributed by atoms with Gasteiger partial charge in [0.15, 0.2) is 0 Å². The summed E-state index contributed by atoms with van der Waals surface area (Å²) in [4.78, 5) is -0.0305. The third kappa shape index (κ3) is 10.2. The van der Waals surface area contributed by atoms with Gasteiger partial charge in [0, 0.05) is 4.87 Å². The molecule has 0 aromatic heterocycles. The second-order valence-electron chi connectivity index (χ2n) is 6.13. The summed E-state index contributed by atoms with van der Waals surface area (Å²) in [5, 5.41) is 0.